The van der Waals surface area contributed by atoms with Gasteiger partial charge in [0.05, 0.1) is 0 Å². The molecule has 0 aromatic heterocycles. The molecule has 2 heteroatoms. The van der Waals surface area contributed by atoms with Gasteiger partial charge in [-0.15, -0.1) is 0 Å². The van der Waals surface area contributed by atoms with Gasteiger partial charge in [0.15, 0.2) is 0 Å². The maximum Gasteiger partial charge on any atom is 0.0124 e. The van der Waals surface area contributed by atoms with Gasteiger partial charge in [0.2, 0.25) is 0 Å². The lowest BCUT2D eigenvalue weighted by molar-refractivity contribution is 0.0659. The lowest BCUT2D eigenvalue weighted by Gasteiger charge is -2.42. The molecule has 1 rings (SSSR count). The van der Waals surface area contributed by atoms with Crippen LogP contribution >= 0.6 is 0 Å². The average molecular weight is 198 g/mol. The first kappa shape index (κ1) is 12.0. The highest BCUT2D eigenvalue weighted by Gasteiger charge is 2.27. The Morgan fingerprint density at radius 2 is 1.71 bits per heavy atom. The fourth-order valence-corrected chi connectivity index (χ4v) is 2.17. The van der Waals surface area contributed by atoms with E-state index < -0.39 is 0 Å². The van der Waals surface area contributed by atoms with Gasteiger partial charge >= 0.3 is 0 Å². The van der Waals surface area contributed by atoms with Crippen LogP contribution in [0.4, 0.5) is 0 Å². The summed E-state index contributed by atoms with van der Waals surface area (Å²) in [6, 6.07) is 0.790. The molecule has 2 nitrogen and oxygen atoms in total. The molecular weight excluding hydrogens is 172 g/mol. The molecule has 0 aromatic rings. The Kier molecular flexibility index (Phi) is 3.96. The summed E-state index contributed by atoms with van der Waals surface area (Å²) in [4.78, 5) is 5.09. The summed E-state index contributed by atoms with van der Waals surface area (Å²) >= 11 is 0. The van der Waals surface area contributed by atoms with Crippen molar-refractivity contribution in [3.63, 3.8) is 0 Å². The molecule has 14 heavy (non-hydrogen) atoms. The highest BCUT2D eigenvalue weighted by Crippen LogP contribution is 2.22. The minimum atomic E-state index is 0.319. The molecule has 0 spiro atoms. The first-order valence-corrected chi connectivity index (χ1v) is 5.90. The Balaban J connectivity index is 2.42. The lowest BCUT2D eigenvalue weighted by atomic mass is 9.97. The van der Waals surface area contributed by atoms with Crippen molar-refractivity contribution < 1.29 is 0 Å². The average Bonchev–Trinajstić information content (AvgIpc) is 2.15. The predicted octanol–water partition coefficient (Wildman–Crippen LogP) is 2.20. The molecular formula is C12H26N2. The topological polar surface area (TPSA) is 6.48 Å². The highest BCUT2D eigenvalue weighted by atomic mass is 15.2. The number of likely N-dealkylation sites (tertiary alicyclic amines) is 1. The Morgan fingerprint density at radius 1 is 1.21 bits per heavy atom. The SMILES string of the molecule is CCN1CCC(N(C)C(C)(C)C)CC1. The third-order valence-electron chi connectivity index (χ3n) is 3.61. The molecule has 1 aliphatic heterocycles. The van der Waals surface area contributed by atoms with Crippen molar-refractivity contribution in [3.8, 4) is 0 Å². The van der Waals surface area contributed by atoms with E-state index in [1.54, 1.807) is 0 Å². The Hall–Kier alpha value is -0.0800. The first-order chi connectivity index (χ1) is 6.45. The smallest absolute Gasteiger partial charge is 0.0124 e. The molecule has 0 aliphatic carbocycles. The van der Waals surface area contributed by atoms with Gasteiger partial charge < -0.3 is 4.90 Å². The molecule has 1 fully saturated rings. The third-order valence-corrected chi connectivity index (χ3v) is 3.61. The van der Waals surface area contributed by atoms with Gasteiger partial charge in [-0.25, -0.2) is 0 Å². The summed E-state index contributed by atoms with van der Waals surface area (Å²) in [5.74, 6) is 0. The molecule has 0 unspecified atom stereocenters. The van der Waals surface area contributed by atoms with E-state index in [0.717, 1.165) is 6.04 Å². The van der Waals surface area contributed by atoms with Gasteiger partial charge in [0.25, 0.3) is 0 Å². The monoisotopic (exact) mass is 198 g/mol. The summed E-state index contributed by atoms with van der Waals surface area (Å²) in [7, 11) is 2.27. The second-order valence-corrected chi connectivity index (χ2v) is 5.45. The summed E-state index contributed by atoms with van der Waals surface area (Å²) in [5, 5.41) is 0. The van der Waals surface area contributed by atoms with E-state index in [0.29, 0.717) is 5.54 Å². The highest BCUT2D eigenvalue weighted by molar-refractivity contribution is 4.84. The van der Waals surface area contributed by atoms with Crippen LogP contribution in [0, 0.1) is 0 Å². The van der Waals surface area contributed by atoms with Crippen LogP contribution in [0.5, 0.6) is 0 Å². The van der Waals surface area contributed by atoms with Crippen LogP contribution in [0.15, 0.2) is 0 Å². The quantitative estimate of drug-likeness (QED) is 0.671. The lowest BCUT2D eigenvalue weighted by Crippen LogP contribution is -2.50. The minimum absolute atomic E-state index is 0.319. The van der Waals surface area contributed by atoms with Crippen molar-refractivity contribution in [1.29, 1.82) is 0 Å². The molecule has 0 atom stereocenters. The van der Waals surface area contributed by atoms with Crippen LogP contribution < -0.4 is 0 Å². The van der Waals surface area contributed by atoms with Crippen LogP contribution in [0.25, 0.3) is 0 Å². The Bertz CT molecular complexity index is 164. The molecule has 0 bridgehead atoms. The Morgan fingerprint density at radius 3 is 2.07 bits per heavy atom. The van der Waals surface area contributed by atoms with Crippen molar-refractivity contribution in [2.45, 2.75) is 52.1 Å². The van der Waals surface area contributed by atoms with Crippen LogP contribution in [-0.4, -0.2) is 48.1 Å². The standard InChI is InChI=1S/C12H26N2/c1-6-14-9-7-11(8-10-14)13(5)12(2,3)4/h11H,6-10H2,1-5H3. The van der Waals surface area contributed by atoms with Gasteiger partial charge in [0, 0.05) is 11.6 Å². The van der Waals surface area contributed by atoms with E-state index in [9.17, 15) is 0 Å². The van der Waals surface area contributed by atoms with Crippen molar-refractivity contribution >= 4 is 0 Å². The molecule has 1 saturated heterocycles. The summed E-state index contributed by atoms with van der Waals surface area (Å²) < 4.78 is 0. The maximum absolute atomic E-state index is 2.55. The van der Waals surface area contributed by atoms with Crippen LogP contribution in [-0.2, 0) is 0 Å². The van der Waals surface area contributed by atoms with Gasteiger partial charge in [-0.3, -0.25) is 4.90 Å². The van der Waals surface area contributed by atoms with Crippen molar-refractivity contribution in [2.24, 2.45) is 0 Å². The van der Waals surface area contributed by atoms with E-state index in [-0.39, 0.29) is 0 Å². The number of nitrogens with zero attached hydrogens (tertiary/aromatic N) is 2. The van der Waals surface area contributed by atoms with E-state index in [1.165, 1.54) is 32.5 Å². The van der Waals surface area contributed by atoms with Gasteiger partial charge in [-0.2, -0.15) is 0 Å². The molecule has 0 amide bonds. The second kappa shape index (κ2) is 4.63. The summed E-state index contributed by atoms with van der Waals surface area (Å²) in [6.45, 7) is 12.9. The van der Waals surface area contributed by atoms with Crippen LogP contribution in [0.1, 0.15) is 40.5 Å². The number of piperidine rings is 1. The van der Waals surface area contributed by atoms with Gasteiger partial charge in [-0.05, 0) is 60.3 Å². The number of rotatable bonds is 2. The molecule has 0 N–H and O–H groups in total. The molecule has 0 radical (unpaired) electrons. The number of hydrogen-bond donors (Lipinski definition) is 0. The minimum Gasteiger partial charge on any atom is -0.303 e. The normalized spacial score (nSPS) is 21.9. The Labute approximate surface area is 89.3 Å². The van der Waals surface area contributed by atoms with Crippen LogP contribution in [0.2, 0.25) is 0 Å². The molecule has 0 aromatic carbocycles. The molecule has 1 heterocycles. The van der Waals surface area contributed by atoms with E-state index in [2.05, 4.69) is 44.5 Å². The zero-order chi connectivity index (χ0) is 10.8. The van der Waals surface area contributed by atoms with E-state index in [4.69, 9.17) is 0 Å². The largest absolute Gasteiger partial charge is 0.303 e. The van der Waals surface area contributed by atoms with Crippen molar-refractivity contribution in [1.82, 2.24) is 9.80 Å². The third kappa shape index (κ3) is 2.96. The number of hydrogen-bond acceptors (Lipinski definition) is 2. The maximum atomic E-state index is 2.55. The van der Waals surface area contributed by atoms with Crippen molar-refractivity contribution in [2.75, 3.05) is 26.7 Å². The fourth-order valence-electron chi connectivity index (χ4n) is 2.17. The molecule has 0 saturated carbocycles. The van der Waals surface area contributed by atoms with Crippen molar-refractivity contribution in [3.05, 3.63) is 0 Å². The summed E-state index contributed by atoms with van der Waals surface area (Å²) in [5.41, 5.74) is 0.319. The fraction of sp³-hybridized carbons (Fsp3) is 1.00. The molecule has 1 aliphatic rings. The van der Waals surface area contributed by atoms with E-state index >= 15 is 0 Å². The van der Waals surface area contributed by atoms with Gasteiger partial charge in [0.1, 0.15) is 0 Å². The second-order valence-electron chi connectivity index (χ2n) is 5.45. The summed E-state index contributed by atoms with van der Waals surface area (Å²) in [6.07, 6.45) is 2.67. The zero-order valence-corrected chi connectivity index (χ0v) is 10.5. The van der Waals surface area contributed by atoms with Crippen LogP contribution in [0.3, 0.4) is 0 Å². The molecule has 84 valence electrons. The predicted molar refractivity (Wildman–Crippen MR) is 62.7 cm³/mol. The first-order valence-electron chi connectivity index (χ1n) is 5.90. The zero-order valence-electron chi connectivity index (χ0n) is 10.5. The van der Waals surface area contributed by atoms with Gasteiger partial charge in [-0.1, -0.05) is 6.92 Å². The van der Waals surface area contributed by atoms with E-state index in [1.807, 2.05) is 0 Å².